The topological polar surface area (TPSA) is 55.6 Å². The molecule has 0 saturated heterocycles. The molecule has 0 bridgehead atoms. The SMILES string of the molecule is CCCNCCn1nnnc1SCc1cccc(Cl)c1F. The molecule has 21 heavy (non-hydrogen) atoms. The van der Waals surface area contributed by atoms with E-state index in [2.05, 4.69) is 27.8 Å². The number of halogens is 2. The first-order chi connectivity index (χ1) is 10.2. The second-order valence-electron chi connectivity index (χ2n) is 4.44. The molecule has 1 heterocycles. The highest BCUT2D eigenvalue weighted by molar-refractivity contribution is 7.98. The highest BCUT2D eigenvalue weighted by atomic mass is 35.5. The first-order valence-electron chi connectivity index (χ1n) is 6.75. The molecule has 0 aliphatic heterocycles. The summed E-state index contributed by atoms with van der Waals surface area (Å²) < 4.78 is 15.5. The predicted molar refractivity (Wildman–Crippen MR) is 81.9 cm³/mol. The Hall–Kier alpha value is -1.18. The molecule has 2 rings (SSSR count). The summed E-state index contributed by atoms with van der Waals surface area (Å²) in [5, 5.41) is 15.7. The van der Waals surface area contributed by atoms with Gasteiger partial charge >= 0.3 is 0 Å². The predicted octanol–water partition coefficient (Wildman–Crippen LogP) is 2.76. The molecule has 1 aromatic carbocycles. The van der Waals surface area contributed by atoms with E-state index in [0.29, 0.717) is 23.0 Å². The molecule has 8 heteroatoms. The third kappa shape index (κ3) is 4.66. The van der Waals surface area contributed by atoms with Gasteiger partial charge in [-0.1, -0.05) is 42.4 Å². The van der Waals surface area contributed by atoms with Crippen molar-refractivity contribution in [1.82, 2.24) is 25.5 Å². The second-order valence-corrected chi connectivity index (χ2v) is 5.79. The van der Waals surface area contributed by atoms with Crippen molar-refractivity contribution in [2.45, 2.75) is 30.8 Å². The van der Waals surface area contributed by atoms with Gasteiger partial charge in [0.2, 0.25) is 5.16 Å². The van der Waals surface area contributed by atoms with Crippen LogP contribution in [0.5, 0.6) is 0 Å². The monoisotopic (exact) mass is 329 g/mol. The molecule has 2 aromatic rings. The van der Waals surface area contributed by atoms with Gasteiger partial charge in [-0.2, -0.15) is 0 Å². The van der Waals surface area contributed by atoms with E-state index in [1.54, 1.807) is 16.8 Å². The molecule has 5 nitrogen and oxygen atoms in total. The van der Waals surface area contributed by atoms with Gasteiger partial charge in [0.05, 0.1) is 11.6 Å². The molecule has 0 spiro atoms. The van der Waals surface area contributed by atoms with Crippen LogP contribution in [0.3, 0.4) is 0 Å². The van der Waals surface area contributed by atoms with E-state index in [4.69, 9.17) is 11.6 Å². The molecule has 0 fully saturated rings. The van der Waals surface area contributed by atoms with E-state index in [0.717, 1.165) is 19.5 Å². The molecule has 0 saturated carbocycles. The minimum Gasteiger partial charge on any atom is -0.315 e. The molecule has 1 aromatic heterocycles. The van der Waals surface area contributed by atoms with Crippen LogP contribution in [-0.4, -0.2) is 33.3 Å². The molecule has 0 radical (unpaired) electrons. The van der Waals surface area contributed by atoms with Gasteiger partial charge in [0.15, 0.2) is 0 Å². The lowest BCUT2D eigenvalue weighted by molar-refractivity contribution is 0.510. The fourth-order valence-corrected chi connectivity index (χ4v) is 2.80. The molecule has 0 unspecified atom stereocenters. The molecule has 0 aliphatic rings. The van der Waals surface area contributed by atoms with Gasteiger partial charge in [-0.3, -0.25) is 0 Å². The van der Waals surface area contributed by atoms with Crippen LogP contribution in [0.2, 0.25) is 5.02 Å². The first-order valence-corrected chi connectivity index (χ1v) is 8.11. The third-order valence-corrected chi connectivity index (χ3v) is 4.11. The first kappa shape index (κ1) is 16.2. The van der Waals surface area contributed by atoms with Crippen molar-refractivity contribution in [2.24, 2.45) is 0 Å². The Morgan fingerprint density at radius 1 is 1.38 bits per heavy atom. The van der Waals surface area contributed by atoms with Crippen molar-refractivity contribution in [3.8, 4) is 0 Å². The summed E-state index contributed by atoms with van der Waals surface area (Å²) in [6.07, 6.45) is 1.09. The Balaban J connectivity index is 1.91. The molecular weight excluding hydrogens is 313 g/mol. The van der Waals surface area contributed by atoms with Crippen LogP contribution in [-0.2, 0) is 12.3 Å². The second kappa shape index (κ2) is 8.31. The van der Waals surface area contributed by atoms with Crippen molar-refractivity contribution in [3.63, 3.8) is 0 Å². The van der Waals surface area contributed by atoms with E-state index in [9.17, 15) is 4.39 Å². The van der Waals surface area contributed by atoms with E-state index in [1.165, 1.54) is 17.8 Å². The van der Waals surface area contributed by atoms with Gasteiger partial charge in [-0.05, 0) is 35.0 Å². The van der Waals surface area contributed by atoms with Gasteiger partial charge in [0.25, 0.3) is 0 Å². The number of benzene rings is 1. The van der Waals surface area contributed by atoms with Crippen LogP contribution < -0.4 is 5.32 Å². The Kier molecular flexibility index (Phi) is 6.41. The normalized spacial score (nSPS) is 11.0. The minimum absolute atomic E-state index is 0.136. The van der Waals surface area contributed by atoms with Crippen LogP contribution in [0.25, 0.3) is 0 Å². The van der Waals surface area contributed by atoms with Crippen LogP contribution in [0.1, 0.15) is 18.9 Å². The fraction of sp³-hybridized carbons (Fsp3) is 0.462. The van der Waals surface area contributed by atoms with E-state index in [1.807, 2.05) is 0 Å². The van der Waals surface area contributed by atoms with Gasteiger partial charge in [-0.25, -0.2) is 9.07 Å². The Bertz CT molecular complexity index is 577. The maximum Gasteiger partial charge on any atom is 0.209 e. The highest BCUT2D eigenvalue weighted by Crippen LogP contribution is 2.25. The standard InChI is InChI=1S/C13H17ClFN5S/c1-2-6-16-7-8-20-13(17-18-19-20)21-9-10-4-3-5-11(14)12(10)15/h3-5,16H,2,6-9H2,1H3. The van der Waals surface area contributed by atoms with Crippen LogP contribution in [0, 0.1) is 5.82 Å². The smallest absolute Gasteiger partial charge is 0.209 e. The molecular formula is C13H17ClFN5S. The molecule has 0 amide bonds. The molecule has 0 aliphatic carbocycles. The van der Waals surface area contributed by atoms with Crippen LogP contribution >= 0.6 is 23.4 Å². The summed E-state index contributed by atoms with van der Waals surface area (Å²) in [6.45, 7) is 4.58. The zero-order chi connectivity index (χ0) is 15.1. The van der Waals surface area contributed by atoms with Gasteiger partial charge in [-0.15, -0.1) is 5.10 Å². The lowest BCUT2D eigenvalue weighted by Gasteiger charge is -2.06. The Labute approximate surface area is 132 Å². The van der Waals surface area contributed by atoms with Crippen molar-refractivity contribution in [3.05, 3.63) is 34.6 Å². The lowest BCUT2D eigenvalue weighted by atomic mass is 10.2. The highest BCUT2D eigenvalue weighted by Gasteiger charge is 2.10. The largest absolute Gasteiger partial charge is 0.315 e. The summed E-state index contributed by atoms with van der Waals surface area (Å²) in [6, 6.07) is 4.98. The van der Waals surface area contributed by atoms with Gasteiger partial charge in [0, 0.05) is 12.3 Å². The number of thioether (sulfide) groups is 1. The van der Waals surface area contributed by atoms with Crippen molar-refractivity contribution < 1.29 is 4.39 Å². The maximum atomic E-state index is 13.8. The van der Waals surface area contributed by atoms with E-state index < -0.39 is 0 Å². The third-order valence-electron chi connectivity index (χ3n) is 2.81. The van der Waals surface area contributed by atoms with E-state index >= 15 is 0 Å². The molecule has 0 atom stereocenters. The number of tetrazole rings is 1. The number of nitrogens with one attached hydrogen (secondary N) is 1. The quantitative estimate of drug-likeness (QED) is 0.596. The minimum atomic E-state index is -0.379. The lowest BCUT2D eigenvalue weighted by Crippen LogP contribution is -2.21. The summed E-state index contributed by atoms with van der Waals surface area (Å²) >= 11 is 7.16. The summed E-state index contributed by atoms with van der Waals surface area (Å²) in [5.41, 5.74) is 0.547. The number of hydrogen-bond donors (Lipinski definition) is 1. The zero-order valence-electron chi connectivity index (χ0n) is 11.7. The summed E-state index contributed by atoms with van der Waals surface area (Å²) in [5.74, 6) is 0.0603. The Morgan fingerprint density at radius 2 is 2.24 bits per heavy atom. The van der Waals surface area contributed by atoms with Crippen LogP contribution in [0.15, 0.2) is 23.4 Å². The Morgan fingerprint density at radius 3 is 3.05 bits per heavy atom. The van der Waals surface area contributed by atoms with Crippen molar-refractivity contribution in [1.29, 1.82) is 0 Å². The van der Waals surface area contributed by atoms with Crippen molar-refractivity contribution in [2.75, 3.05) is 13.1 Å². The molecule has 114 valence electrons. The van der Waals surface area contributed by atoms with Gasteiger partial charge < -0.3 is 5.32 Å². The average molecular weight is 330 g/mol. The summed E-state index contributed by atoms with van der Waals surface area (Å²) in [7, 11) is 0. The maximum absolute atomic E-state index is 13.8. The fourth-order valence-electron chi connectivity index (χ4n) is 1.73. The van der Waals surface area contributed by atoms with Crippen LogP contribution in [0.4, 0.5) is 4.39 Å². The number of hydrogen-bond acceptors (Lipinski definition) is 5. The molecule has 1 N–H and O–H groups in total. The van der Waals surface area contributed by atoms with Crippen molar-refractivity contribution >= 4 is 23.4 Å². The average Bonchev–Trinajstić information content (AvgIpc) is 2.93. The summed E-state index contributed by atoms with van der Waals surface area (Å²) in [4.78, 5) is 0. The number of rotatable bonds is 8. The zero-order valence-corrected chi connectivity index (χ0v) is 13.3. The van der Waals surface area contributed by atoms with Gasteiger partial charge in [0.1, 0.15) is 5.82 Å². The van der Waals surface area contributed by atoms with E-state index in [-0.39, 0.29) is 10.8 Å². The number of aromatic nitrogens is 4. The number of nitrogens with zero attached hydrogens (tertiary/aromatic N) is 4.